The molecule has 8 heteroatoms. The zero-order chi connectivity index (χ0) is 22.9. The van der Waals surface area contributed by atoms with Crippen molar-refractivity contribution in [1.29, 1.82) is 0 Å². The number of aromatic amines is 1. The summed E-state index contributed by atoms with van der Waals surface area (Å²) in [4.78, 5) is 24.6. The number of pyridine rings is 1. The van der Waals surface area contributed by atoms with Crippen LogP contribution in [-0.4, -0.2) is 43.6 Å². The van der Waals surface area contributed by atoms with Gasteiger partial charge in [-0.2, -0.15) is 5.10 Å². The van der Waals surface area contributed by atoms with E-state index in [1.54, 1.807) is 0 Å². The Morgan fingerprint density at radius 3 is 2.76 bits per heavy atom. The lowest BCUT2D eigenvalue weighted by molar-refractivity contribution is 0.0938. The van der Waals surface area contributed by atoms with Gasteiger partial charge in [0, 0.05) is 24.8 Å². The highest BCUT2D eigenvalue weighted by atomic mass is 16.1. The van der Waals surface area contributed by atoms with Crippen LogP contribution in [0.1, 0.15) is 54.5 Å². The van der Waals surface area contributed by atoms with E-state index in [4.69, 9.17) is 4.98 Å². The van der Waals surface area contributed by atoms with Crippen molar-refractivity contribution in [2.75, 3.05) is 18.0 Å². The van der Waals surface area contributed by atoms with Crippen LogP contribution >= 0.6 is 0 Å². The van der Waals surface area contributed by atoms with E-state index >= 15 is 0 Å². The summed E-state index contributed by atoms with van der Waals surface area (Å²) in [5.41, 5.74) is 5.70. The molecule has 1 amide bonds. The molecule has 0 bridgehead atoms. The molecule has 0 saturated carbocycles. The molecule has 0 spiro atoms. The number of amides is 1. The van der Waals surface area contributed by atoms with Gasteiger partial charge in [0.25, 0.3) is 5.91 Å². The summed E-state index contributed by atoms with van der Waals surface area (Å²) >= 11 is 0. The van der Waals surface area contributed by atoms with E-state index in [0.717, 1.165) is 48.5 Å². The number of nitrogens with one attached hydrogen (secondary N) is 2. The van der Waals surface area contributed by atoms with Crippen LogP contribution in [0.4, 0.5) is 5.69 Å². The van der Waals surface area contributed by atoms with Gasteiger partial charge in [-0.05, 0) is 44.7 Å². The number of aromatic nitrogens is 5. The van der Waals surface area contributed by atoms with Crippen LogP contribution in [0, 0.1) is 12.8 Å². The summed E-state index contributed by atoms with van der Waals surface area (Å²) in [6.45, 7) is 8.19. The van der Waals surface area contributed by atoms with Gasteiger partial charge in [0.2, 0.25) is 0 Å². The van der Waals surface area contributed by atoms with E-state index in [2.05, 4.69) is 61.8 Å². The monoisotopic (exact) mass is 443 g/mol. The Kier molecular flexibility index (Phi) is 5.58. The van der Waals surface area contributed by atoms with Crippen molar-refractivity contribution >= 4 is 17.2 Å². The highest BCUT2D eigenvalue weighted by Crippen LogP contribution is 2.31. The van der Waals surface area contributed by atoms with E-state index in [1.807, 2.05) is 31.5 Å². The Labute approximate surface area is 193 Å². The molecule has 1 unspecified atom stereocenters. The smallest absolute Gasteiger partial charge is 0.253 e. The molecule has 4 heterocycles. The van der Waals surface area contributed by atoms with E-state index in [1.165, 1.54) is 11.9 Å². The summed E-state index contributed by atoms with van der Waals surface area (Å²) in [5.74, 6) is 1.18. The van der Waals surface area contributed by atoms with E-state index in [9.17, 15) is 4.79 Å². The van der Waals surface area contributed by atoms with Crippen LogP contribution < -0.4 is 10.2 Å². The second-order valence-corrected chi connectivity index (χ2v) is 9.06. The maximum absolute atomic E-state index is 13.3. The van der Waals surface area contributed by atoms with Gasteiger partial charge in [0.15, 0.2) is 5.65 Å². The SMILES string of the molecule is Cc1cccc(-c2cnc3c(N4CCC(C)CC4)cc(C(=O)NC(C)c4ncn[nH]4)cn23)c1. The fourth-order valence-corrected chi connectivity index (χ4v) is 4.47. The van der Waals surface area contributed by atoms with Gasteiger partial charge in [-0.3, -0.25) is 14.3 Å². The summed E-state index contributed by atoms with van der Waals surface area (Å²) in [6, 6.07) is 10.0. The van der Waals surface area contributed by atoms with Crippen LogP contribution in [0.2, 0.25) is 0 Å². The highest BCUT2D eigenvalue weighted by molar-refractivity contribution is 5.96. The molecule has 1 aliphatic rings. The zero-order valence-electron chi connectivity index (χ0n) is 19.2. The summed E-state index contributed by atoms with van der Waals surface area (Å²) in [5, 5.41) is 9.74. The van der Waals surface area contributed by atoms with Crippen molar-refractivity contribution in [2.24, 2.45) is 5.92 Å². The van der Waals surface area contributed by atoms with Gasteiger partial charge in [0.05, 0.1) is 29.2 Å². The zero-order valence-corrected chi connectivity index (χ0v) is 19.2. The lowest BCUT2D eigenvalue weighted by Crippen LogP contribution is -2.34. The molecule has 1 atom stereocenters. The molecule has 0 radical (unpaired) electrons. The van der Waals surface area contributed by atoms with Crippen LogP contribution in [0.15, 0.2) is 49.1 Å². The van der Waals surface area contributed by atoms with Crippen molar-refractivity contribution in [3.63, 3.8) is 0 Å². The molecule has 3 aromatic heterocycles. The molecule has 1 saturated heterocycles. The number of carbonyl (C=O) groups is 1. The molecule has 2 N–H and O–H groups in total. The first-order chi connectivity index (χ1) is 16.0. The van der Waals surface area contributed by atoms with Crippen LogP contribution in [0.5, 0.6) is 0 Å². The Balaban J connectivity index is 1.58. The average Bonchev–Trinajstić information content (AvgIpc) is 3.49. The van der Waals surface area contributed by atoms with E-state index in [-0.39, 0.29) is 11.9 Å². The molecule has 170 valence electrons. The predicted molar refractivity (Wildman–Crippen MR) is 128 cm³/mol. The van der Waals surface area contributed by atoms with Gasteiger partial charge in [-0.15, -0.1) is 0 Å². The molecule has 33 heavy (non-hydrogen) atoms. The molecule has 1 aromatic carbocycles. The van der Waals surface area contributed by atoms with Gasteiger partial charge in [0.1, 0.15) is 12.2 Å². The Morgan fingerprint density at radius 1 is 1.21 bits per heavy atom. The van der Waals surface area contributed by atoms with E-state index in [0.29, 0.717) is 17.3 Å². The molecule has 1 fully saturated rings. The number of anilines is 1. The number of aryl methyl sites for hydroxylation is 1. The normalized spacial score (nSPS) is 15.7. The van der Waals surface area contributed by atoms with Crippen molar-refractivity contribution in [3.8, 4) is 11.3 Å². The molecular formula is C25H29N7O. The summed E-state index contributed by atoms with van der Waals surface area (Å²) in [6.07, 6.45) is 7.50. The number of carbonyl (C=O) groups excluding carboxylic acids is 1. The maximum atomic E-state index is 13.3. The fourth-order valence-electron chi connectivity index (χ4n) is 4.47. The minimum absolute atomic E-state index is 0.156. The number of imidazole rings is 1. The van der Waals surface area contributed by atoms with E-state index < -0.39 is 0 Å². The molecular weight excluding hydrogens is 414 g/mol. The predicted octanol–water partition coefficient (Wildman–Crippen LogP) is 4.16. The first kappa shape index (κ1) is 21.2. The number of fused-ring (bicyclic) bond motifs is 1. The minimum atomic E-state index is -0.283. The third kappa shape index (κ3) is 4.20. The summed E-state index contributed by atoms with van der Waals surface area (Å²) in [7, 11) is 0. The first-order valence-corrected chi connectivity index (χ1v) is 11.5. The van der Waals surface area contributed by atoms with Crippen LogP contribution in [0.3, 0.4) is 0 Å². The Bertz CT molecular complexity index is 1270. The van der Waals surface area contributed by atoms with Gasteiger partial charge in [-0.25, -0.2) is 9.97 Å². The van der Waals surface area contributed by atoms with Crippen molar-refractivity contribution < 1.29 is 4.79 Å². The van der Waals surface area contributed by atoms with Crippen molar-refractivity contribution in [3.05, 3.63) is 66.0 Å². The number of piperidine rings is 1. The average molecular weight is 444 g/mol. The number of rotatable bonds is 5. The molecule has 5 rings (SSSR count). The second-order valence-electron chi connectivity index (χ2n) is 9.06. The minimum Gasteiger partial charge on any atom is -0.368 e. The number of benzene rings is 1. The fraction of sp³-hybridized carbons (Fsp3) is 0.360. The van der Waals surface area contributed by atoms with Gasteiger partial charge >= 0.3 is 0 Å². The number of H-pyrrole nitrogens is 1. The number of hydrogen-bond donors (Lipinski definition) is 2. The number of hydrogen-bond acceptors (Lipinski definition) is 5. The molecule has 8 nitrogen and oxygen atoms in total. The van der Waals surface area contributed by atoms with Gasteiger partial charge < -0.3 is 10.2 Å². The largest absolute Gasteiger partial charge is 0.368 e. The second kappa shape index (κ2) is 8.69. The molecule has 0 aliphatic carbocycles. The quantitative estimate of drug-likeness (QED) is 0.483. The Hall–Kier alpha value is -3.68. The standard InChI is InChI=1S/C25H29N7O/c1-16-7-9-31(10-8-16)21-12-20(25(33)29-18(3)23-27-15-28-30-23)14-32-22(13-26-24(21)32)19-6-4-5-17(2)11-19/h4-6,11-16,18H,7-10H2,1-3H3,(H,29,33)(H,27,28,30). The highest BCUT2D eigenvalue weighted by Gasteiger charge is 2.23. The lowest BCUT2D eigenvalue weighted by atomic mass is 9.99. The summed E-state index contributed by atoms with van der Waals surface area (Å²) < 4.78 is 2.05. The lowest BCUT2D eigenvalue weighted by Gasteiger charge is -2.32. The van der Waals surface area contributed by atoms with Crippen molar-refractivity contribution in [2.45, 2.75) is 39.7 Å². The number of nitrogens with zero attached hydrogens (tertiary/aromatic N) is 5. The molecule has 4 aromatic rings. The van der Waals surface area contributed by atoms with Gasteiger partial charge in [-0.1, -0.05) is 30.7 Å². The van der Waals surface area contributed by atoms with Crippen LogP contribution in [0.25, 0.3) is 16.9 Å². The first-order valence-electron chi connectivity index (χ1n) is 11.5. The third-order valence-electron chi connectivity index (χ3n) is 6.48. The van der Waals surface area contributed by atoms with Crippen LogP contribution in [-0.2, 0) is 0 Å². The third-order valence-corrected chi connectivity index (χ3v) is 6.48. The maximum Gasteiger partial charge on any atom is 0.253 e. The van der Waals surface area contributed by atoms with Crippen molar-refractivity contribution in [1.82, 2.24) is 29.9 Å². The Morgan fingerprint density at radius 2 is 2.03 bits per heavy atom. The topological polar surface area (TPSA) is 91.2 Å². The molecule has 1 aliphatic heterocycles.